The molecule has 86 valence electrons. The van der Waals surface area contributed by atoms with Gasteiger partial charge in [0.05, 0.1) is 5.02 Å². The molecule has 0 saturated heterocycles. The second kappa shape index (κ2) is 5.19. The summed E-state index contributed by atoms with van der Waals surface area (Å²) in [5.74, 6) is 0. The minimum Gasteiger partial charge on any atom is -0.323 e. The summed E-state index contributed by atoms with van der Waals surface area (Å²) in [6.45, 7) is 2.01. The Labute approximate surface area is 116 Å². The molecule has 0 aromatic carbocycles. The topological polar surface area (TPSA) is 26.0 Å². The Hall–Kier alpha value is 0.130. The predicted molar refractivity (Wildman–Crippen MR) is 76.7 cm³/mol. The number of hydrogen-bond acceptors (Lipinski definition) is 3. The standard InChI is InChI=1S/C11H11BrClNS2/c1-6-5-16-11(10(6)13)8(14)4-9-7(12)2-3-15-9/h2-3,5,8H,4,14H2,1H3. The van der Waals surface area contributed by atoms with Crippen LogP contribution in [0.1, 0.15) is 21.4 Å². The van der Waals surface area contributed by atoms with Crippen LogP contribution in [0.2, 0.25) is 5.02 Å². The molecule has 1 unspecified atom stereocenters. The fourth-order valence-electron chi connectivity index (χ4n) is 1.46. The molecule has 5 heteroatoms. The van der Waals surface area contributed by atoms with Gasteiger partial charge in [-0.05, 0) is 45.2 Å². The third-order valence-electron chi connectivity index (χ3n) is 2.36. The van der Waals surface area contributed by atoms with Crippen molar-refractivity contribution in [3.05, 3.63) is 41.6 Å². The van der Waals surface area contributed by atoms with E-state index in [1.54, 1.807) is 22.7 Å². The second-order valence-electron chi connectivity index (χ2n) is 3.60. The number of aryl methyl sites for hydroxylation is 1. The molecule has 1 nitrogen and oxygen atoms in total. The van der Waals surface area contributed by atoms with Crippen molar-refractivity contribution in [1.82, 2.24) is 0 Å². The fraction of sp³-hybridized carbons (Fsp3) is 0.273. The lowest BCUT2D eigenvalue weighted by molar-refractivity contribution is 0.743. The Morgan fingerprint density at radius 1 is 1.50 bits per heavy atom. The van der Waals surface area contributed by atoms with Gasteiger partial charge in [0.1, 0.15) is 0 Å². The Morgan fingerprint density at radius 2 is 2.25 bits per heavy atom. The molecule has 0 fully saturated rings. The predicted octanol–water partition coefficient (Wildman–Crippen LogP) is 4.78. The molecule has 0 spiro atoms. The summed E-state index contributed by atoms with van der Waals surface area (Å²) in [6.07, 6.45) is 0.831. The highest BCUT2D eigenvalue weighted by Crippen LogP contribution is 2.34. The molecule has 0 bridgehead atoms. The molecule has 0 amide bonds. The maximum absolute atomic E-state index is 6.21. The zero-order valence-electron chi connectivity index (χ0n) is 8.67. The van der Waals surface area contributed by atoms with Crippen LogP contribution in [0.3, 0.4) is 0 Å². The molecule has 2 heterocycles. The quantitative estimate of drug-likeness (QED) is 0.858. The molecule has 2 rings (SSSR count). The normalized spacial score (nSPS) is 13.0. The average molecular weight is 337 g/mol. The van der Waals surface area contributed by atoms with Crippen LogP contribution >= 0.6 is 50.2 Å². The third kappa shape index (κ3) is 2.51. The van der Waals surface area contributed by atoms with Gasteiger partial charge in [-0.1, -0.05) is 11.6 Å². The largest absolute Gasteiger partial charge is 0.323 e. The summed E-state index contributed by atoms with van der Waals surface area (Å²) in [4.78, 5) is 2.36. The second-order valence-corrected chi connectivity index (χ2v) is 6.74. The van der Waals surface area contributed by atoms with E-state index in [1.807, 2.05) is 13.0 Å². The number of hydrogen-bond donors (Lipinski definition) is 1. The first-order valence-corrected chi connectivity index (χ1v) is 7.73. The molecule has 2 aromatic heterocycles. The highest BCUT2D eigenvalue weighted by atomic mass is 79.9. The Bertz CT molecular complexity index is 492. The van der Waals surface area contributed by atoms with Crippen molar-refractivity contribution >= 4 is 50.2 Å². The van der Waals surface area contributed by atoms with Crippen LogP contribution in [0, 0.1) is 6.92 Å². The van der Waals surface area contributed by atoms with Crippen molar-refractivity contribution in [2.45, 2.75) is 19.4 Å². The summed E-state index contributed by atoms with van der Waals surface area (Å²) >= 11 is 13.1. The van der Waals surface area contributed by atoms with E-state index in [2.05, 4.69) is 26.7 Å². The molecule has 0 radical (unpaired) electrons. The van der Waals surface area contributed by atoms with E-state index < -0.39 is 0 Å². The van der Waals surface area contributed by atoms with Gasteiger partial charge in [-0.15, -0.1) is 22.7 Å². The van der Waals surface area contributed by atoms with Crippen molar-refractivity contribution in [3.63, 3.8) is 0 Å². The van der Waals surface area contributed by atoms with E-state index in [1.165, 1.54) is 4.88 Å². The van der Waals surface area contributed by atoms with E-state index in [9.17, 15) is 0 Å². The lowest BCUT2D eigenvalue weighted by Gasteiger charge is -2.09. The van der Waals surface area contributed by atoms with E-state index in [0.29, 0.717) is 0 Å². The minimum absolute atomic E-state index is 0.0128. The fourth-order valence-corrected chi connectivity index (χ4v) is 4.37. The molecule has 0 aliphatic rings. The van der Waals surface area contributed by atoms with Crippen molar-refractivity contribution in [3.8, 4) is 0 Å². The third-order valence-corrected chi connectivity index (χ3v) is 6.15. The van der Waals surface area contributed by atoms with Crippen molar-refractivity contribution in [1.29, 1.82) is 0 Å². The number of halogens is 2. The van der Waals surface area contributed by atoms with Crippen LogP contribution in [-0.4, -0.2) is 0 Å². The Kier molecular flexibility index (Phi) is 4.08. The Balaban J connectivity index is 2.18. The van der Waals surface area contributed by atoms with Crippen LogP contribution in [0.15, 0.2) is 21.3 Å². The molecule has 2 aromatic rings. The van der Waals surface area contributed by atoms with E-state index >= 15 is 0 Å². The maximum Gasteiger partial charge on any atom is 0.0590 e. The molecule has 0 aliphatic carbocycles. The number of rotatable bonds is 3. The molecule has 0 aliphatic heterocycles. The van der Waals surface area contributed by atoms with Gasteiger partial charge in [0.15, 0.2) is 0 Å². The summed E-state index contributed by atoms with van der Waals surface area (Å²) in [6, 6.07) is 2.04. The van der Waals surface area contributed by atoms with Gasteiger partial charge in [0, 0.05) is 26.7 Å². The summed E-state index contributed by atoms with van der Waals surface area (Å²) in [5.41, 5.74) is 7.29. The molecule has 0 saturated carbocycles. The zero-order valence-corrected chi connectivity index (χ0v) is 12.6. The molecule has 2 N–H and O–H groups in total. The van der Waals surface area contributed by atoms with Crippen LogP contribution in [0.25, 0.3) is 0 Å². The first-order chi connectivity index (χ1) is 7.59. The van der Waals surface area contributed by atoms with Gasteiger partial charge in [0.2, 0.25) is 0 Å². The summed E-state index contributed by atoms with van der Waals surface area (Å²) in [7, 11) is 0. The SMILES string of the molecule is Cc1csc(C(N)Cc2sccc2Br)c1Cl. The van der Waals surface area contributed by atoms with Crippen molar-refractivity contribution in [2.75, 3.05) is 0 Å². The van der Waals surface area contributed by atoms with Gasteiger partial charge >= 0.3 is 0 Å². The van der Waals surface area contributed by atoms with Gasteiger partial charge in [-0.25, -0.2) is 0 Å². The van der Waals surface area contributed by atoms with E-state index in [4.69, 9.17) is 17.3 Å². The number of thiophene rings is 2. The van der Waals surface area contributed by atoms with Crippen LogP contribution in [0.4, 0.5) is 0 Å². The number of nitrogens with two attached hydrogens (primary N) is 1. The molecule has 1 atom stereocenters. The van der Waals surface area contributed by atoms with Crippen LogP contribution in [-0.2, 0) is 6.42 Å². The summed E-state index contributed by atoms with van der Waals surface area (Å²) in [5, 5.41) is 4.94. The van der Waals surface area contributed by atoms with E-state index in [-0.39, 0.29) is 6.04 Å². The highest BCUT2D eigenvalue weighted by Gasteiger charge is 2.16. The summed E-state index contributed by atoms with van der Waals surface area (Å²) < 4.78 is 1.14. The maximum atomic E-state index is 6.21. The smallest absolute Gasteiger partial charge is 0.0590 e. The van der Waals surface area contributed by atoms with Crippen LogP contribution in [0.5, 0.6) is 0 Å². The zero-order chi connectivity index (χ0) is 11.7. The first kappa shape index (κ1) is 12.6. The van der Waals surface area contributed by atoms with Gasteiger partial charge < -0.3 is 5.73 Å². The van der Waals surface area contributed by atoms with Gasteiger partial charge in [-0.3, -0.25) is 0 Å². The lowest BCUT2D eigenvalue weighted by Crippen LogP contribution is -2.11. The lowest BCUT2D eigenvalue weighted by atomic mass is 10.1. The van der Waals surface area contributed by atoms with Gasteiger partial charge in [0.25, 0.3) is 0 Å². The monoisotopic (exact) mass is 335 g/mol. The van der Waals surface area contributed by atoms with Crippen LogP contribution < -0.4 is 5.73 Å². The average Bonchev–Trinajstić information content (AvgIpc) is 2.77. The first-order valence-electron chi connectivity index (χ1n) is 4.80. The molecule has 16 heavy (non-hydrogen) atoms. The Morgan fingerprint density at radius 3 is 2.75 bits per heavy atom. The van der Waals surface area contributed by atoms with Crippen molar-refractivity contribution < 1.29 is 0 Å². The minimum atomic E-state index is -0.0128. The van der Waals surface area contributed by atoms with E-state index in [0.717, 1.165) is 26.4 Å². The highest BCUT2D eigenvalue weighted by molar-refractivity contribution is 9.10. The van der Waals surface area contributed by atoms with Crippen molar-refractivity contribution in [2.24, 2.45) is 5.73 Å². The molecular formula is C11H11BrClNS2. The molecular weight excluding hydrogens is 326 g/mol. The van der Waals surface area contributed by atoms with Gasteiger partial charge in [-0.2, -0.15) is 0 Å².